The summed E-state index contributed by atoms with van der Waals surface area (Å²) >= 11 is 0. The molecule has 2 N–H and O–H groups in total. The maximum Gasteiger partial charge on any atom is 0.240 e. The van der Waals surface area contributed by atoms with E-state index < -0.39 is 10.0 Å². The quantitative estimate of drug-likeness (QED) is 0.862. The van der Waals surface area contributed by atoms with Crippen molar-refractivity contribution in [2.24, 2.45) is 0 Å². The van der Waals surface area contributed by atoms with Crippen molar-refractivity contribution in [3.63, 3.8) is 0 Å². The van der Waals surface area contributed by atoms with Crippen LogP contribution in [-0.4, -0.2) is 34.2 Å². The van der Waals surface area contributed by atoms with Gasteiger partial charge in [0.15, 0.2) is 0 Å². The zero-order chi connectivity index (χ0) is 13.2. The second-order valence-corrected chi connectivity index (χ2v) is 6.23. The van der Waals surface area contributed by atoms with E-state index in [1.807, 2.05) is 6.92 Å². The van der Waals surface area contributed by atoms with Gasteiger partial charge in [0.2, 0.25) is 10.0 Å². The summed E-state index contributed by atoms with van der Waals surface area (Å²) in [6.07, 6.45) is 1.16. The largest absolute Gasteiger partial charge is 0.380 e. The summed E-state index contributed by atoms with van der Waals surface area (Å²) in [5, 5.41) is 3.35. The third-order valence-corrected chi connectivity index (χ3v) is 4.59. The van der Waals surface area contributed by atoms with Crippen LogP contribution in [0.15, 0.2) is 29.2 Å². The Hall–Kier alpha value is -1.11. The lowest BCUT2D eigenvalue weighted by Crippen LogP contribution is -2.26. The lowest BCUT2D eigenvalue weighted by Gasteiger charge is -2.17. The first kappa shape index (κ1) is 13.3. The Morgan fingerprint density at radius 1 is 1.28 bits per heavy atom. The highest BCUT2D eigenvalue weighted by Crippen LogP contribution is 2.20. The summed E-state index contributed by atoms with van der Waals surface area (Å²) in [4.78, 5) is 0.270. The minimum atomic E-state index is -3.36. The maximum atomic E-state index is 11.6. The topological polar surface area (TPSA) is 67.4 Å². The number of ether oxygens (including phenoxy) is 1. The normalized spacial score (nSPS) is 24.1. The average molecular weight is 270 g/mol. The molecule has 0 radical (unpaired) electrons. The van der Waals surface area contributed by atoms with Gasteiger partial charge in [-0.3, -0.25) is 0 Å². The van der Waals surface area contributed by atoms with Gasteiger partial charge in [0.1, 0.15) is 0 Å². The number of sulfonamides is 1. The van der Waals surface area contributed by atoms with Crippen LogP contribution in [0.25, 0.3) is 0 Å². The molecule has 1 aromatic rings. The molecular weight excluding hydrogens is 252 g/mol. The van der Waals surface area contributed by atoms with Gasteiger partial charge in [-0.1, -0.05) is 0 Å². The lowest BCUT2D eigenvalue weighted by molar-refractivity contribution is 0.121. The first-order chi connectivity index (χ1) is 8.53. The van der Waals surface area contributed by atoms with Gasteiger partial charge in [0.25, 0.3) is 0 Å². The standard InChI is InChI=1S/C12H18N2O3S/c1-9-12(7-8-17-9)14-10-3-5-11(6-4-10)18(15,16)13-2/h3-6,9,12-14H,7-8H2,1-2H3. The van der Waals surface area contributed by atoms with E-state index in [2.05, 4.69) is 10.0 Å². The molecule has 0 bridgehead atoms. The molecule has 2 unspecified atom stereocenters. The molecule has 1 heterocycles. The number of benzene rings is 1. The van der Waals surface area contributed by atoms with Crippen molar-refractivity contribution in [2.45, 2.75) is 30.4 Å². The van der Waals surface area contributed by atoms with Crippen molar-refractivity contribution in [3.05, 3.63) is 24.3 Å². The summed E-state index contributed by atoms with van der Waals surface area (Å²) in [6.45, 7) is 2.80. The molecular formula is C12H18N2O3S. The molecule has 5 nitrogen and oxygen atoms in total. The van der Waals surface area contributed by atoms with Crippen LogP contribution in [-0.2, 0) is 14.8 Å². The fourth-order valence-electron chi connectivity index (χ4n) is 1.98. The lowest BCUT2D eigenvalue weighted by atomic mass is 10.1. The SMILES string of the molecule is CNS(=O)(=O)c1ccc(NC2CCOC2C)cc1. The minimum Gasteiger partial charge on any atom is -0.380 e. The van der Waals surface area contributed by atoms with Gasteiger partial charge >= 0.3 is 0 Å². The molecule has 2 rings (SSSR count). The third-order valence-electron chi connectivity index (χ3n) is 3.16. The summed E-state index contributed by atoms with van der Waals surface area (Å²) in [5.74, 6) is 0. The van der Waals surface area contributed by atoms with Crippen molar-refractivity contribution >= 4 is 15.7 Å². The molecule has 0 amide bonds. The molecule has 1 aliphatic rings. The third kappa shape index (κ3) is 2.82. The zero-order valence-electron chi connectivity index (χ0n) is 10.5. The van der Waals surface area contributed by atoms with E-state index in [-0.39, 0.29) is 17.0 Å². The molecule has 0 aliphatic carbocycles. The molecule has 0 aromatic heterocycles. The van der Waals surface area contributed by atoms with Crippen LogP contribution in [0.3, 0.4) is 0 Å². The van der Waals surface area contributed by atoms with Crippen molar-refractivity contribution in [2.75, 3.05) is 19.0 Å². The van der Waals surface area contributed by atoms with Gasteiger partial charge in [0, 0.05) is 12.3 Å². The van der Waals surface area contributed by atoms with Crippen molar-refractivity contribution in [3.8, 4) is 0 Å². The average Bonchev–Trinajstić information content (AvgIpc) is 2.76. The van der Waals surface area contributed by atoms with E-state index in [9.17, 15) is 8.42 Å². The number of rotatable bonds is 4. The Morgan fingerprint density at radius 2 is 1.94 bits per heavy atom. The Morgan fingerprint density at radius 3 is 2.44 bits per heavy atom. The summed E-state index contributed by atoms with van der Waals surface area (Å²) in [6, 6.07) is 7.02. The van der Waals surface area contributed by atoms with E-state index in [0.29, 0.717) is 0 Å². The second kappa shape index (κ2) is 5.26. The first-order valence-corrected chi connectivity index (χ1v) is 7.43. The van der Waals surface area contributed by atoms with Crippen LogP contribution in [0.4, 0.5) is 5.69 Å². The van der Waals surface area contributed by atoms with Gasteiger partial charge in [-0.25, -0.2) is 13.1 Å². The number of nitrogens with one attached hydrogen (secondary N) is 2. The smallest absolute Gasteiger partial charge is 0.240 e. The number of anilines is 1. The van der Waals surface area contributed by atoms with E-state index >= 15 is 0 Å². The van der Waals surface area contributed by atoms with Crippen molar-refractivity contribution < 1.29 is 13.2 Å². The van der Waals surface area contributed by atoms with E-state index in [0.717, 1.165) is 18.7 Å². The highest BCUT2D eigenvalue weighted by Gasteiger charge is 2.23. The molecule has 1 saturated heterocycles. The van der Waals surface area contributed by atoms with Crippen LogP contribution in [0.5, 0.6) is 0 Å². The summed E-state index contributed by atoms with van der Waals surface area (Å²) < 4.78 is 30.9. The first-order valence-electron chi connectivity index (χ1n) is 5.94. The Kier molecular flexibility index (Phi) is 3.89. The second-order valence-electron chi connectivity index (χ2n) is 4.35. The molecule has 2 atom stereocenters. The van der Waals surface area contributed by atoms with Gasteiger partial charge in [-0.15, -0.1) is 0 Å². The fraction of sp³-hybridized carbons (Fsp3) is 0.500. The molecule has 100 valence electrons. The van der Waals surface area contributed by atoms with Crippen LogP contribution in [0, 0.1) is 0 Å². The van der Waals surface area contributed by atoms with Gasteiger partial charge in [-0.05, 0) is 44.7 Å². The summed E-state index contributed by atoms with van der Waals surface area (Å²) in [7, 11) is -1.95. The van der Waals surface area contributed by atoms with Crippen LogP contribution >= 0.6 is 0 Å². The van der Waals surface area contributed by atoms with Crippen LogP contribution < -0.4 is 10.0 Å². The van der Waals surface area contributed by atoms with Crippen molar-refractivity contribution in [1.82, 2.24) is 4.72 Å². The number of hydrogen-bond acceptors (Lipinski definition) is 4. The molecule has 0 spiro atoms. The Labute approximate surface area is 108 Å². The van der Waals surface area contributed by atoms with Gasteiger partial charge in [0.05, 0.1) is 17.0 Å². The van der Waals surface area contributed by atoms with Crippen LogP contribution in [0.1, 0.15) is 13.3 Å². The highest BCUT2D eigenvalue weighted by atomic mass is 32.2. The van der Waals surface area contributed by atoms with E-state index in [4.69, 9.17) is 4.74 Å². The zero-order valence-corrected chi connectivity index (χ0v) is 11.3. The molecule has 1 aromatic carbocycles. The Bertz CT molecular complexity index is 499. The van der Waals surface area contributed by atoms with Gasteiger partial charge in [-0.2, -0.15) is 0 Å². The van der Waals surface area contributed by atoms with Crippen molar-refractivity contribution in [1.29, 1.82) is 0 Å². The molecule has 0 saturated carbocycles. The van der Waals surface area contributed by atoms with Crippen LogP contribution in [0.2, 0.25) is 0 Å². The van der Waals surface area contributed by atoms with E-state index in [1.165, 1.54) is 7.05 Å². The molecule has 1 aliphatic heterocycles. The van der Waals surface area contributed by atoms with E-state index in [1.54, 1.807) is 24.3 Å². The predicted octanol–water partition coefficient (Wildman–Crippen LogP) is 1.18. The maximum absolute atomic E-state index is 11.6. The fourth-order valence-corrected chi connectivity index (χ4v) is 2.71. The summed E-state index contributed by atoms with van der Waals surface area (Å²) in [5.41, 5.74) is 0.910. The molecule has 6 heteroatoms. The predicted molar refractivity (Wildman–Crippen MR) is 70.1 cm³/mol. The monoisotopic (exact) mass is 270 g/mol. The Balaban J connectivity index is 2.08. The molecule has 18 heavy (non-hydrogen) atoms. The highest BCUT2D eigenvalue weighted by molar-refractivity contribution is 7.89. The van der Waals surface area contributed by atoms with Gasteiger partial charge < -0.3 is 10.1 Å². The molecule has 1 fully saturated rings. The number of hydrogen-bond donors (Lipinski definition) is 2. The minimum absolute atomic E-state index is 0.186.